The van der Waals surface area contributed by atoms with Gasteiger partial charge in [0.25, 0.3) is 0 Å². The molecule has 1 aliphatic rings. The van der Waals surface area contributed by atoms with Crippen LogP contribution in [0.2, 0.25) is 0 Å². The van der Waals surface area contributed by atoms with Crippen LogP contribution in [0.4, 0.5) is 8.78 Å². The fourth-order valence-corrected chi connectivity index (χ4v) is 4.91. The first-order valence-corrected chi connectivity index (χ1v) is 11.4. The van der Waals surface area contributed by atoms with Crippen molar-refractivity contribution in [2.75, 3.05) is 26.8 Å². The van der Waals surface area contributed by atoms with E-state index in [-0.39, 0.29) is 26.2 Å². The number of para-hydroxylation sites is 1. The highest BCUT2D eigenvalue weighted by Gasteiger charge is 2.36. The van der Waals surface area contributed by atoms with Gasteiger partial charge in [-0.2, -0.15) is 4.31 Å². The van der Waals surface area contributed by atoms with Crippen LogP contribution in [0.1, 0.15) is 12.0 Å². The van der Waals surface area contributed by atoms with E-state index in [1.807, 2.05) is 0 Å². The van der Waals surface area contributed by atoms with Gasteiger partial charge in [-0.15, -0.1) is 0 Å². The molecule has 0 radical (unpaired) electrons. The highest BCUT2D eigenvalue weighted by atomic mass is 32.2. The third-order valence-electron chi connectivity index (χ3n) is 4.91. The summed E-state index contributed by atoms with van der Waals surface area (Å²) in [5, 5.41) is 4.76. The summed E-state index contributed by atoms with van der Waals surface area (Å²) < 4.78 is 64.9. The number of benzene rings is 2. The second-order valence-electron chi connectivity index (χ2n) is 7.07. The number of hydrogen-bond donors (Lipinski definition) is 2. The number of carbonyl (C=O) groups excluding carboxylic acids is 2. The second kappa shape index (κ2) is 10.7. The normalized spacial score (nSPS) is 16.8. The number of nitrogens with zero attached hydrogens (tertiary/aromatic N) is 1. The van der Waals surface area contributed by atoms with E-state index >= 15 is 0 Å². The highest BCUT2D eigenvalue weighted by molar-refractivity contribution is 7.89. The molecule has 2 aromatic rings. The number of nitrogens with one attached hydrogen (secondary N) is 2. The van der Waals surface area contributed by atoms with Crippen LogP contribution >= 0.6 is 0 Å². The van der Waals surface area contributed by atoms with E-state index in [1.165, 1.54) is 7.11 Å². The summed E-state index contributed by atoms with van der Waals surface area (Å²) in [7, 11) is -2.98. The molecule has 0 unspecified atom stereocenters. The molecule has 1 atom stereocenters. The number of methoxy groups -OCH3 is 1. The maximum atomic E-state index is 14.1. The number of sulfonamides is 1. The van der Waals surface area contributed by atoms with Gasteiger partial charge in [0, 0.05) is 18.7 Å². The summed E-state index contributed by atoms with van der Waals surface area (Å²) in [6.45, 7) is -0.163. The first-order valence-electron chi connectivity index (χ1n) is 10.0. The lowest BCUT2D eigenvalue weighted by Gasteiger charge is -2.34. The fourth-order valence-electron chi connectivity index (χ4n) is 3.27. The summed E-state index contributed by atoms with van der Waals surface area (Å²) in [6, 6.07) is 9.05. The molecule has 0 spiro atoms. The Morgan fingerprint density at radius 1 is 1.15 bits per heavy atom. The summed E-state index contributed by atoms with van der Waals surface area (Å²) in [5.41, 5.74) is 0.658. The molecule has 178 valence electrons. The van der Waals surface area contributed by atoms with E-state index in [1.54, 1.807) is 24.3 Å². The molecular weight excluding hydrogens is 460 g/mol. The van der Waals surface area contributed by atoms with Gasteiger partial charge in [0.2, 0.25) is 10.0 Å². The van der Waals surface area contributed by atoms with Gasteiger partial charge in [-0.05, 0) is 30.7 Å². The lowest BCUT2D eigenvalue weighted by atomic mass is 10.2. The molecule has 0 saturated carbocycles. The Kier molecular flexibility index (Phi) is 7.95. The first-order chi connectivity index (χ1) is 15.7. The Balaban J connectivity index is 1.63. The zero-order valence-corrected chi connectivity index (χ0v) is 18.5. The maximum absolute atomic E-state index is 14.1. The molecule has 2 amide bonds. The van der Waals surface area contributed by atoms with Crippen LogP contribution in [0.15, 0.2) is 47.4 Å². The van der Waals surface area contributed by atoms with Crippen LogP contribution in [-0.2, 0) is 30.9 Å². The van der Waals surface area contributed by atoms with Gasteiger partial charge in [-0.1, -0.05) is 18.2 Å². The van der Waals surface area contributed by atoms with Crippen molar-refractivity contribution in [2.45, 2.75) is 24.1 Å². The minimum Gasteiger partial charge on any atom is -0.496 e. The molecule has 1 heterocycles. The third kappa shape index (κ3) is 5.83. The van der Waals surface area contributed by atoms with Gasteiger partial charge in [-0.25, -0.2) is 17.2 Å². The first kappa shape index (κ1) is 24.6. The van der Waals surface area contributed by atoms with Gasteiger partial charge in [0.05, 0.1) is 20.3 Å². The van der Waals surface area contributed by atoms with Crippen LogP contribution in [0.5, 0.6) is 5.75 Å². The number of halogens is 2. The fraction of sp³-hybridized carbons (Fsp3) is 0.333. The third-order valence-corrected chi connectivity index (χ3v) is 6.81. The van der Waals surface area contributed by atoms with Gasteiger partial charge in [0.15, 0.2) is 0 Å². The summed E-state index contributed by atoms with van der Waals surface area (Å²) in [6.07, 6.45) is -0.877. The quantitative estimate of drug-likeness (QED) is 0.571. The van der Waals surface area contributed by atoms with Gasteiger partial charge >= 0.3 is 11.8 Å². The minimum atomic E-state index is -4.46. The Bertz CT molecular complexity index is 1130. The molecule has 2 N–H and O–H groups in total. The Morgan fingerprint density at radius 2 is 1.88 bits per heavy atom. The largest absolute Gasteiger partial charge is 0.496 e. The molecule has 1 aliphatic heterocycles. The smallest absolute Gasteiger partial charge is 0.309 e. The van der Waals surface area contributed by atoms with Crippen LogP contribution in [0.3, 0.4) is 0 Å². The van der Waals surface area contributed by atoms with Crippen molar-refractivity contribution >= 4 is 21.8 Å². The number of hydrogen-bond acceptors (Lipinski definition) is 6. The Hall–Kier alpha value is -3.09. The molecule has 1 saturated heterocycles. The molecule has 33 heavy (non-hydrogen) atoms. The van der Waals surface area contributed by atoms with Crippen molar-refractivity contribution in [2.24, 2.45) is 0 Å². The average molecular weight is 483 g/mol. The summed E-state index contributed by atoms with van der Waals surface area (Å²) in [5.74, 6) is -3.43. The van der Waals surface area contributed by atoms with E-state index in [4.69, 9.17) is 9.47 Å². The molecule has 0 aromatic heterocycles. The van der Waals surface area contributed by atoms with Crippen molar-refractivity contribution in [3.63, 3.8) is 0 Å². The van der Waals surface area contributed by atoms with Gasteiger partial charge in [0.1, 0.15) is 28.5 Å². The number of rotatable bonds is 7. The van der Waals surface area contributed by atoms with E-state index in [0.717, 1.165) is 16.4 Å². The van der Waals surface area contributed by atoms with Crippen molar-refractivity contribution in [1.82, 2.24) is 14.9 Å². The van der Waals surface area contributed by atoms with Crippen LogP contribution in [0, 0.1) is 11.6 Å². The summed E-state index contributed by atoms with van der Waals surface area (Å²) >= 11 is 0. The minimum absolute atomic E-state index is 0.0289. The predicted octanol–water partition coefficient (Wildman–Crippen LogP) is 1.14. The molecule has 1 fully saturated rings. The zero-order valence-electron chi connectivity index (χ0n) is 17.7. The van der Waals surface area contributed by atoms with Crippen LogP contribution < -0.4 is 15.4 Å². The molecule has 0 aliphatic carbocycles. The molecule has 0 bridgehead atoms. The lowest BCUT2D eigenvalue weighted by Crippen LogP contribution is -2.53. The standard InChI is InChI=1S/C21H23F2N3O6S/c1-31-17-6-3-2-5-14(17)12-24-20(27)21(28)25-13-19-26(9-4-10-32-19)33(29,30)18-11-15(22)7-8-16(18)23/h2-3,5-8,11,19H,4,9-10,12-13H2,1H3,(H,24,27)(H,25,28)/t19-/m0/s1. The van der Waals surface area contributed by atoms with Crippen LogP contribution in [0.25, 0.3) is 0 Å². The van der Waals surface area contributed by atoms with E-state index in [9.17, 15) is 26.8 Å². The molecule has 2 aromatic carbocycles. The molecule has 9 nitrogen and oxygen atoms in total. The monoisotopic (exact) mass is 483 g/mol. The number of amides is 2. The van der Waals surface area contributed by atoms with E-state index in [2.05, 4.69) is 10.6 Å². The van der Waals surface area contributed by atoms with Crippen molar-refractivity contribution in [3.05, 3.63) is 59.7 Å². The molecule has 12 heteroatoms. The van der Waals surface area contributed by atoms with Crippen molar-refractivity contribution in [3.8, 4) is 5.75 Å². The molecular formula is C21H23F2N3O6S. The topological polar surface area (TPSA) is 114 Å². The molecule has 3 rings (SSSR count). The SMILES string of the molecule is COc1ccccc1CNC(=O)C(=O)NC[C@@H]1OCCCN1S(=O)(=O)c1cc(F)ccc1F. The zero-order chi connectivity index (χ0) is 24.0. The highest BCUT2D eigenvalue weighted by Crippen LogP contribution is 2.25. The number of carbonyl (C=O) groups is 2. The summed E-state index contributed by atoms with van der Waals surface area (Å²) in [4.78, 5) is 23.5. The van der Waals surface area contributed by atoms with Gasteiger partial charge < -0.3 is 20.1 Å². The number of ether oxygens (including phenoxy) is 2. The average Bonchev–Trinajstić information content (AvgIpc) is 2.82. The second-order valence-corrected chi connectivity index (χ2v) is 8.93. The van der Waals surface area contributed by atoms with Crippen molar-refractivity contribution in [1.29, 1.82) is 0 Å². The van der Waals surface area contributed by atoms with Gasteiger partial charge in [-0.3, -0.25) is 9.59 Å². The maximum Gasteiger partial charge on any atom is 0.309 e. The van der Waals surface area contributed by atoms with Crippen molar-refractivity contribution < 1.29 is 36.3 Å². The van der Waals surface area contributed by atoms with Crippen LogP contribution in [-0.4, -0.2) is 57.6 Å². The predicted molar refractivity (Wildman–Crippen MR) is 112 cm³/mol. The van der Waals surface area contributed by atoms with E-state index in [0.29, 0.717) is 23.8 Å². The lowest BCUT2D eigenvalue weighted by molar-refractivity contribution is -0.140. The Morgan fingerprint density at radius 3 is 2.64 bits per heavy atom. The Labute approximate surface area is 189 Å². The van der Waals surface area contributed by atoms with E-state index < -0.39 is 44.6 Å².